The van der Waals surface area contributed by atoms with E-state index in [9.17, 15) is 4.39 Å². The van der Waals surface area contributed by atoms with Crippen molar-refractivity contribution in [3.05, 3.63) is 365 Å². The van der Waals surface area contributed by atoms with E-state index in [0.29, 0.717) is 25.2 Å². The maximum Gasteiger partial charge on any atom is 0.250 e. The Morgan fingerprint density at radius 1 is 0.418 bits per heavy atom. The van der Waals surface area contributed by atoms with Gasteiger partial charge in [0.1, 0.15) is 60.4 Å². The zero-order valence-electron chi connectivity index (χ0n) is 72.0. The van der Waals surface area contributed by atoms with Crippen molar-refractivity contribution < 1.29 is 65.4 Å². The first-order chi connectivity index (χ1) is 59.1. The Hall–Kier alpha value is -9.04. The van der Waals surface area contributed by atoms with Gasteiger partial charge in [-0.05, 0) is 153 Å². The number of benzene rings is 11. The van der Waals surface area contributed by atoms with Crippen molar-refractivity contribution in [3.63, 3.8) is 0 Å². The monoisotopic (exact) mass is 1700 g/mol. The van der Waals surface area contributed by atoms with Crippen LogP contribution in [0.4, 0.5) is 10.1 Å². The van der Waals surface area contributed by atoms with Gasteiger partial charge in [-0.15, -0.1) is 11.8 Å². The predicted molar refractivity (Wildman–Crippen MR) is 487 cm³/mol. The highest BCUT2D eigenvalue weighted by Gasteiger charge is 2.56. The average Bonchev–Trinajstić information content (AvgIpc) is 0.732. The number of amides is 1. The summed E-state index contributed by atoms with van der Waals surface area (Å²) in [6.45, 7) is 24.2. The Morgan fingerprint density at radius 3 is 1.30 bits per heavy atom. The van der Waals surface area contributed by atoms with Crippen LogP contribution < -0.4 is 9.33 Å². The van der Waals surface area contributed by atoms with Gasteiger partial charge in [0.15, 0.2) is 14.6 Å². The molecule has 13 atom stereocenters. The van der Waals surface area contributed by atoms with E-state index in [2.05, 4.69) is 171 Å². The van der Waals surface area contributed by atoms with Crippen LogP contribution in [-0.2, 0) is 103 Å². The standard InChI is InChI=1S/C104H118FNO13SSi2/c1-103(2,3)121(7,8)118-86-53-35-50-82(62-86)83-56-59-87(94-88(101(107)106(94)85-51-33-18-34-52-85)60-61-89(81-54-57-84(105)58-55-81)119-122(9,10)104(4,5)6)93(63-83)120-73-92-96(111-67-77-42-25-14-26-43-77)98(112-68-78-44-27-15-28-45-78)97(91(115-92)72-109-65-75-38-21-12-22-39-75)117-102-100(114-70-80-48-31-17-32-49-80)99(113-69-79-46-29-16-30-47-79)95(110-66-76-40-23-13-24-41-76)90(116-102)71-108-64-74-36-19-11-20-37-74/h11-59,62-63,88-92,94-100,102H,60-61,64-73H2,1-10H3/t88-,89-,90?,91?,92+,94-,95+,96?,97+,98-,99+,100?,102+/m1/s1. The molecule has 3 fully saturated rings. The van der Waals surface area contributed by atoms with Gasteiger partial charge in [-0.2, -0.15) is 0 Å². The van der Waals surface area contributed by atoms with E-state index in [4.69, 9.17) is 56.2 Å². The fourth-order valence-corrected chi connectivity index (χ4v) is 19.1. The SMILES string of the molecule is CC(C)(C)[Si](C)(C)Oc1cccc(-c2ccc([C@@H]3[C@@H](CC[C@@H](O[Si](C)(C)C(C)(C)C)c4ccc(F)cc4)C(=O)N3c3ccccc3)c(SC[C@@H]3OC(COCc4ccccc4)[C@H](O[C@@H]4OC(COCc5ccccc5)[C@H](OCc5ccccc5)[C@H](OCc5ccccc5)C4OCc4ccccc4)[C@H](OCc4ccccc4)C3OCc3ccccc3)c2)c1. The number of rotatable bonds is 39. The minimum absolute atomic E-state index is 0.0136. The summed E-state index contributed by atoms with van der Waals surface area (Å²) in [4.78, 5) is 18.5. The van der Waals surface area contributed by atoms with Gasteiger partial charge in [-0.3, -0.25) is 4.79 Å². The number of thioether (sulfide) groups is 1. The molecule has 638 valence electrons. The van der Waals surface area contributed by atoms with Crippen LogP contribution in [0.15, 0.2) is 314 Å². The van der Waals surface area contributed by atoms with Crippen molar-refractivity contribution in [1.82, 2.24) is 0 Å². The van der Waals surface area contributed by atoms with Crippen molar-refractivity contribution >= 4 is 40.0 Å². The smallest absolute Gasteiger partial charge is 0.250 e. The summed E-state index contributed by atoms with van der Waals surface area (Å²) >= 11 is 1.66. The molecule has 0 bridgehead atoms. The summed E-state index contributed by atoms with van der Waals surface area (Å²) in [5, 5.41) is -0.177. The number of anilines is 1. The molecule has 1 amide bonds. The molecule has 11 aromatic rings. The second-order valence-electron chi connectivity index (χ2n) is 35.2. The summed E-state index contributed by atoms with van der Waals surface area (Å²) in [5.41, 5.74) is 11.3. The normalized spacial score (nSPS) is 21.7. The summed E-state index contributed by atoms with van der Waals surface area (Å²) in [6, 6.07) is 102. The number of halogens is 1. The summed E-state index contributed by atoms with van der Waals surface area (Å²) in [5.74, 6) is 0.341. The molecule has 3 saturated heterocycles. The van der Waals surface area contributed by atoms with Gasteiger partial charge in [-0.1, -0.05) is 308 Å². The van der Waals surface area contributed by atoms with Crippen LogP contribution in [0.5, 0.6) is 5.75 Å². The Bertz CT molecular complexity index is 5000. The zero-order valence-corrected chi connectivity index (χ0v) is 74.8. The number of carbonyl (C=O) groups excluding carboxylic acids is 1. The van der Waals surface area contributed by atoms with Crippen LogP contribution in [0.1, 0.15) is 117 Å². The van der Waals surface area contributed by atoms with Crippen LogP contribution in [0, 0.1) is 11.7 Å². The maximum absolute atomic E-state index is 15.6. The molecule has 0 aromatic heterocycles. The summed E-state index contributed by atoms with van der Waals surface area (Å²) in [7, 11) is -4.73. The molecule has 4 unspecified atom stereocenters. The Morgan fingerprint density at radius 2 is 0.828 bits per heavy atom. The number of hydrogen-bond acceptors (Lipinski definition) is 14. The van der Waals surface area contributed by atoms with E-state index in [-0.39, 0.29) is 74.7 Å². The maximum atomic E-state index is 15.6. The number of para-hydroxylation sites is 1. The Kier molecular flexibility index (Phi) is 30.8. The molecule has 0 radical (unpaired) electrons. The third kappa shape index (κ3) is 23.5. The minimum atomic E-state index is -2.44. The van der Waals surface area contributed by atoms with Crippen molar-refractivity contribution in [2.24, 2.45) is 5.92 Å². The van der Waals surface area contributed by atoms with Gasteiger partial charge >= 0.3 is 0 Å². The third-order valence-electron chi connectivity index (χ3n) is 24.4. The van der Waals surface area contributed by atoms with Crippen molar-refractivity contribution in [2.75, 3.05) is 23.9 Å². The lowest BCUT2D eigenvalue weighted by atomic mass is 9.78. The highest BCUT2D eigenvalue weighted by Crippen LogP contribution is 2.52. The van der Waals surface area contributed by atoms with Crippen molar-refractivity contribution in [1.29, 1.82) is 0 Å². The van der Waals surface area contributed by atoms with Gasteiger partial charge in [0.05, 0.1) is 83.6 Å². The molecule has 0 N–H and O–H groups in total. The Labute approximate surface area is 727 Å². The lowest BCUT2D eigenvalue weighted by molar-refractivity contribution is -0.362. The lowest BCUT2D eigenvalue weighted by Crippen LogP contribution is -2.66. The highest BCUT2D eigenvalue weighted by molar-refractivity contribution is 7.99. The molecule has 0 spiro atoms. The number of hydrogen-bond donors (Lipinski definition) is 0. The second-order valence-corrected chi connectivity index (χ2v) is 45.8. The molecule has 0 aliphatic carbocycles. The fourth-order valence-electron chi connectivity index (χ4n) is 15.6. The first kappa shape index (κ1) is 89.2. The third-order valence-corrected chi connectivity index (χ3v) is 34.4. The van der Waals surface area contributed by atoms with E-state index >= 15 is 4.79 Å². The molecule has 122 heavy (non-hydrogen) atoms. The molecule has 3 heterocycles. The molecule has 11 aromatic carbocycles. The number of ether oxygens (including phenoxy) is 10. The zero-order chi connectivity index (χ0) is 85.1. The van der Waals surface area contributed by atoms with Gasteiger partial charge in [0.2, 0.25) is 14.2 Å². The van der Waals surface area contributed by atoms with E-state index in [1.165, 1.54) is 12.1 Å². The molecule has 14 rings (SSSR count). The summed E-state index contributed by atoms with van der Waals surface area (Å²) < 4.78 is 104. The average molecular weight is 1700 g/mol. The highest BCUT2D eigenvalue weighted by atomic mass is 32.2. The van der Waals surface area contributed by atoms with Crippen LogP contribution in [-0.4, -0.2) is 103 Å². The molecule has 18 heteroatoms. The fraction of sp³-hybridized carbons (Fsp3) is 0.356. The van der Waals surface area contributed by atoms with E-state index < -0.39 is 95.9 Å². The van der Waals surface area contributed by atoms with Crippen molar-refractivity contribution in [2.45, 2.75) is 215 Å². The van der Waals surface area contributed by atoms with Crippen LogP contribution in [0.3, 0.4) is 0 Å². The molecule has 3 aliphatic heterocycles. The van der Waals surface area contributed by atoms with E-state index in [1.807, 2.05) is 199 Å². The predicted octanol–water partition coefficient (Wildman–Crippen LogP) is 23.5. The summed E-state index contributed by atoms with van der Waals surface area (Å²) in [6.07, 6.45) is -8.37. The largest absolute Gasteiger partial charge is 0.543 e. The number of nitrogens with zero attached hydrogens (tertiary/aromatic N) is 1. The second kappa shape index (κ2) is 42.1. The molecule has 0 saturated carbocycles. The number of carbonyl (C=O) groups is 1. The Balaban J connectivity index is 0.897. The topological polar surface area (TPSA) is 131 Å². The quantitative estimate of drug-likeness (QED) is 0.0206. The van der Waals surface area contributed by atoms with E-state index in [1.54, 1.807) is 11.8 Å². The van der Waals surface area contributed by atoms with Crippen LogP contribution in [0.25, 0.3) is 11.1 Å². The van der Waals surface area contributed by atoms with Gasteiger partial charge in [0, 0.05) is 16.3 Å². The van der Waals surface area contributed by atoms with Gasteiger partial charge in [-0.25, -0.2) is 4.39 Å². The van der Waals surface area contributed by atoms with Crippen LogP contribution in [0.2, 0.25) is 36.3 Å². The van der Waals surface area contributed by atoms with Gasteiger partial charge in [0.25, 0.3) is 0 Å². The molecular weight excluding hydrogens is 1580 g/mol. The van der Waals surface area contributed by atoms with Crippen molar-refractivity contribution in [3.8, 4) is 16.9 Å². The molecule has 3 aliphatic rings. The molecule has 14 nitrogen and oxygen atoms in total. The number of β-lactam (4-membered cyclic amide) rings is 1. The molecular formula is C104H118FNO13SSi2. The van der Waals surface area contributed by atoms with Gasteiger partial charge < -0.3 is 61.1 Å². The van der Waals surface area contributed by atoms with E-state index in [0.717, 1.165) is 77.5 Å². The first-order valence-electron chi connectivity index (χ1n) is 42.9. The van der Waals surface area contributed by atoms with Crippen LogP contribution >= 0.6 is 11.8 Å². The first-order valence-corrected chi connectivity index (χ1v) is 49.7. The minimum Gasteiger partial charge on any atom is -0.543 e. The lowest BCUT2D eigenvalue weighted by Gasteiger charge is -2.50.